The lowest BCUT2D eigenvalue weighted by atomic mass is 10.0. The summed E-state index contributed by atoms with van der Waals surface area (Å²) in [4.78, 5) is 31.1. The number of nitrogens with one attached hydrogen (secondary N) is 1. The van der Waals surface area contributed by atoms with Crippen molar-refractivity contribution in [1.29, 1.82) is 0 Å². The van der Waals surface area contributed by atoms with Crippen molar-refractivity contribution >= 4 is 17.5 Å². The van der Waals surface area contributed by atoms with Crippen LogP contribution in [0.15, 0.2) is 11.1 Å². The highest BCUT2D eigenvalue weighted by Gasteiger charge is 2.39. The zero-order valence-corrected chi connectivity index (χ0v) is 11.2. The Kier molecular flexibility index (Phi) is 4.23. The van der Waals surface area contributed by atoms with Crippen LogP contribution in [0.4, 0.5) is 11.5 Å². The third-order valence-electron chi connectivity index (χ3n) is 3.37. The van der Waals surface area contributed by atoms with Crippen LogP contribution in [0, 0.1) is 5.92 Å². The number of nitrogens with two attached hydrogens (primary N) is 1. The van der Waals surface area contributed by atoms with E-state index in [2.05, 4.69) is 9.97 Å². The number of rotatable bonds is 5. The summed E-state index contributed by atoms with van der Waals surface area (Å²) in [6.07, 6.45) is 2.04. The summed E-state index contributed by atoms with van der Waals surface area (Å²) in [6, 6.07) is -0.371. The van der Waals surface area contributed by atoms with Gasteiger partial charge in [-0.15, -0.1) is 0 Å². The van der Waals surface area contributed by atoms with E-state index in [9.17, 15) is 14.7 Å². The summed E-state index contributed by atoms with van der Waals surface area (Å²) in [7, 11) is 0. The molecular weight excluding hydrogens is 264 g/mol. The van der Waals surface area contributed by atoms with Gasteiger partial charge in [-0.3, -0.25) is 9.59 Å². The Balaban J connectivity index is 2.38. The molecule has 1 aromatic heterocycles. The molecule has 1 aromatic rings. The lowest BCUT2D eigenvalue weighted by molar-refractivity contribution is -0.142. The van der Waals surface area contributed by atoms with Crippen LogP contribution in [0.2, 0.25) is 0 Å². The Bertz CT molecular complexity index is 545. The van der Waals surface area contributed by atoms with Crippen LogP contribution in [-0.4, -0.2) is 46.8 Å². The number of anilines is 2. The van der Waals surface area contributed by atoms with Gasteiger partial charge < -0.3 is 25.5 Å². The second kappa shape index (κ2) is 5.91. The van der Waals surface area contributed by atoms with Crippen molar-refractivity contribution in [2.24, 2.45) is 5.92 Å². The molecule has 8 nitrogen and oxygen atoms in total. The SMILES string of the molecule is CCCN(c1nc[nH]c(=O)c1N)C1COCC1C(=O)O. The number of aromatic nitrogens is 2. The number of hydrogen-bond acceptors (Lipinski definition) is 6. The van der Waals surface area contributed by atoms with E-state index in [1.165, 1.54) is 6.33 Å². The largest absolute Gasteiger partial charge is 0.481 e. The summed E-state index contributed by atoms with van der Waals surface area (Å²) in [5.74, 6) is -1.25. The van der Waals surface area contributed by atoms with E-state index in [4.69, 9.17) is 10.5 Å². The molecule has 2 unspecified atom stereocenters. The van der Waals surface area contributed by atoms with Crippen molar-refractivity contribution in [2.45, 2.75) is 19.4 Å². The molecule has 1 fully saturated rings. The van der Waals surface area contributed by atoms with Gasteiger partial charge in [-0.1, -0.05) is 6.92 Å². The number of nitrogens with zero attached hydrogens (tertiary/aromatic N) is 2. The normalized spacial score (nSPS) is 21.9. The maximum Gasteiger partial charge on any atom is 0.311 e. The Morgan fingerprint density at radius 2 is 2.40 bits per heavy atom. The second-order valence-corrected chi connectivity index (χ2v) is 4.71. The lowest BCUT2D eigenvalue weighted by Gasteiger charge is -2.31. The fraction of sp³-hybridized carbons (Fsp3) is 0.583. The topological polar surface area (TPSA) is 122 Å². The molecule has 4 N–H and O–H groups in total. The van der Waals surface area contributed by atoms with Gasteiger partial charge in [-0.2, -0.15) is 0 Å². The fourth-order valence-corrected chi connectivity index (χ4v) is 2.39. The van der Waals surface area contributed by atoms with Crippen molar-refractivity contribution in [3.8, 4) is 0 Å². The molecule has 0 aliphatic carbocycles. The minimum absolute atomic E-state index is 0.00279. The van der Waals surface area contributed by atoms with E-state index >= 15 is 0 Å². The predicted octanol–water partition coefficient (Wildman–Crippen LogP) is -0.332. The highest BCUT2D eigenvalue weighted by Crippen LogP contribution is 2.26. The van der Waals surface area contributed by atoms with Gasteiger partial charge in [0.15, 0.2) is 5.82 Å². The number of nitrogen functional groups attached to an aromatic ring is 1. The molecule has 2 heterocycles. The molecule has 8 heteroatoms. The first-order valence-corrected chi connectivity index (χ1v) is 6.46. The quantitative estimate of drug-likeness (QED) is 0.675. The highest BCUT2D eigenvalue weighted by atomic mass is 16.5. The molecule has 20 heavy (non-hydrogen) atoms. The van der Waals surface area contributed by atoms with E-state index in [1.807, 2.05) is 6.92 Å². The monoisotopic (exact) mass is 282 g/mol. The van der Waals surface area contributed by atoms with Gasteiger partial charge in [-0.05, 0) is 6.42 Å². The summed E-state index contributed by atoms with van der Waals surface area (Å²) in [5.41, 5.74) is 5.34. The van der Waals surface area contributed by atoms with E-state index < -0.39 is 17.4 Å². The van der Waals surface area contributed by atoms with E-state index in [1.54, 1.807) is 4.90 Å². The maximum atomic E-state index is 11.6. The molecule has 0 spiro atoms. The zero-order valence-electron chi connectivity index (χ0n) is 11.2. The summed E-state index contributed by atoms with van der Waals surface area (Å²) in [5, 5.41) is 9.25. The molecule has 0 saturated carbocycles. The van der Waals surface area contributed by atoms with E-state index in [0.717, 1.165) is 6.42 Å². The zero-order chi connectivity index (χ0) is 14.7. The number of H-pyrrole nitrogens is 1. The maximum absolute atomic E-state index is 11.6. The highest BCUT2D eigenvalue weighted by molar-refractivity contribution is 5.73. The van der Waals surface area contributed by atoms with Crippen LogP contribution in [0.5, 0.6) is 0 Å². The molecular formula is C12H18N4O4. The Labute approximate surface area is 115 Å². The number of carboxylic acids is 1. The smallest absolute Gasteiger partial charge is 0.311 e. The molecule has 0 bridgehead atoms. The Morgan fingerprint density at radius 1 is 1.65 bits per heavy atom. The predicted molar refractivity (Wildman–Crippen MR) is 72.6 cm³/mol. The van der Waals surface area contributed by atoms with Gasteiger partial charge in [0.25, 0.3) is 5.56 Å². The first kappa shape index (κ1) is 14.3. The second-order valence-electron chi connectivity index (χ2n) is 4.71. The first-order valence-electron chi connectivity index (χ1n) is 6.46. The molecule has 2 atom stereocenters. The minimum Gasteiger partial charge on any atom is -0.481 e. The van der Waals surface area contributed by atoms with E-state index in [0.29, 0.717) is 12.4 Å². The third-order valence-corrected chi connectivity index (χ3v) is 3.37. The Hall–Kier alpha value is -2.09. The fourth-order valence-electron chi connectivity index (χ4n) is 2.39. The molecule has 0 radical (unpaired) electrons. The van der Waals surface area contributed by atoms with Gasteiger partial charge in [-0.25, -0.2) is 4.98 Å². The molecule has 0 aromatic carbocycles. The standard InChI is InChI=1S/C12H18N4O4/c1-2-3-16(8-5-20-4-7(8)12(18)19)10-9(13)11(17)15-6-14-10/h6-8H,2-5,13H2,1H3,(H,18,19)(H,14,15,17). The van der Waals surface area contributed by atoms with Gasteiger partial charge >= 0.3 is 5.97 Å². The third kappa shape index (κ3) is 2.60. The van der Waals surface area contributed by atoms with Crippen LogP contribution >= 0.6 is 0 Å². The molecule has 2 rings (SSSR count). The number of aromatic amines is 1. The van der Waals surface area contributed by atoms with Crippen molar-refractivity contribution < 1.29 is 14.6 Å². The number of hydrogen-bond donors (Lipinski definition) is 3. The summed E-state index contributed by atoms with van der Waals surface area (Å²) >= 11 is 0. The van der Waals surface area contributed by atoms with Crippen LogP contribution in [0.3, 0.4) is 0 Å². The molecule has 1 aliphatic heterocycles. The Morgan fingerprint density at radius 3 is 3.05 bits per heavy atom. The van der Waals surface area contributed by atoms with Crippen molar-refractivity contribution in [3.63, 3.8) is 0 Å². The summed E-state index contributed by atoms with van der Waals surface area (Å²) < 4.78 is 5.27. The molecule has 0 amide bonds. The van der Waals surface area contributed by atoms with Crippen molar-refractivity contribution in [2.75, 3.05) is 30.4 Å². The average molecular weight is 282 g/mol. The lowest BCUT2D eigenvalue weighted by Crippen LogP contribution is -2.45. The number of aliphatic carboxylic acids is 1. The molecule has 1 saturated heterocycles. The minimum atomic E-state index is -0.919. The first-order chi connectivity index (χ1) is 9.56. The van der Waals surface area contributed by atoms with Crippen LogP contribution in [0.1, 0.15) is 13.3 Å². The number of carbonyl (C=O) groups is 1. The van der Waals surface area contributed by atoms with Crippen LogP contribution in [-0.2, 0) is 9.53 Å². The van der Waals surface area contributed by atoms with Gasteiger partial charge in [0.05, 0.1) is 25.6 Å². The van der Waals surface area contributed by atoms with Crippen LogP contribution < -0.4 is 16.2 Å². The average Bonchev–Trinajstić information content (AvgIpc) is 2.89. The molecule has 110 valence electrons. The van der Waals surface area contributed by atoms with Crippen molar-refractivity contribution in [1.82, 2.24) is 9.97 Å². The number of ether oxygens (including phenoxy) is 1. The van der Waals surface area contributed by atoms with Gasteiger partial charge in [0, 0.05) is 6.54 Å². The van der Waals surface area contributed by atoms with Crippen LogP contribution in [0.25, 0.3) is 0 Å². The molecule has 1 aliphatic rings. The summed E-state index contributed by atoms with van der Waals surface area (Å²) in [6.45, 7) is 2.95. The van der Waals surface area contributed by atoms with Gasteiger partial charge in [0.2, 0.25) is 0 Å². The van der Waals surface area contributed by atoms with Crippen molar-refractivity contribution in [3.05, 3.63) is 16.7 Å². The number of carboxylic acid groups (broad SMARTS) is 1. The van der Waals surface area contributed by atoms with E-state index in [-0.39, 0.29) is 24.9 Å². The van der Waals surface area contributed by atoms with Gasteiger partial charge in [0.1, 0.15) is 11.6 Å².